The van der Waals surface area contributed by atoms with Crippen LogP contribution >= 0.6 is 22.9 Å². The molecule has 0 saturated carbocycles. The number of hydrogen-bond donors (Lipinski definition) is 1. The summed E-state index contributed by atoms with van der Waals surface area (Å²) in [5, 5.41) is 3.38. The molecular formula is C11H16ClNO2S2. The summed E-state index contributed by atoms with van der Waals surface area (Å²) < 4.78 is 23.8. The molecule has 17 heavy (non-hydrogen) atoms. The minimum atomic E-state index is -2.83. The average Bonchev–Trinajstić information content (AvgIpc) is 2.81. The van der Waals surface area contributed by atoms with Gasteiger partial charge in [-0.05, 0) is 31.0 Å². The van der Waals surface area contributed by atoms with Crippen molar-refractivity contribution in [1.29, 1.82) is 0 Å². The van der Waals surface area contributed by atoms with Crippen LogP contribution in [0.15, 0.2) is 12.1 Å². The van der Waals surface area contributed by atoms with Crippen molar-refractivity contribution in [3.05, 3.63) is 21.3 Å². The quantitative estimate of drug-likeness (QED) is 0.928. The van der Waals surface area contributed by atoms with Crippen molar-refractivity contribution >= 4 is 32.8 Å². The zero-order valence-corrected chi connectivity index (χ0v) is 12.0. The number of rotatable bonds is 4. The molecule has 1 aromatic heterocycles. The minimum Gasteiger partial charge on any atom is -0.309 e. The topological polar surface area (TPSA) is 46.2 Å². The van der Waals surface area contributed by atoms with Crippen LogP contribution in [0, 0.1) is 5.92 Å². The first-order chi connectivity index (χ1) is 8.02. The molecule has 0 bridgehead atoms. The fourth-order valence-electron chi connectivity index (χ4n) is 2.30. The Morgan fingerprint density at radius 2 is 2.35 bits per heavy atom. The maximum absolute atomic E-state index is 11.5. The second-order valence-electron chi connectivity index (χ2n) is 4.34. The molecule has 1 aromatic rings. The van der Waals surface area contributed by atoms with Crippen molar-refractivity contribution < 1.29 is 8.42 Å². The highest BCUT2D eigenvalue weighted by Gasteiger charge is 2.34. The first kappa shape index (κ1) is 13.3. The van der Waals surface area contributed by atoms with E-state index in [1.54, 1.807) is 0 Å². The van der Waals surface area contributed by atoms with E-state index in [1.807, 2.05) is 19.1 Å². The van der Waals surface area contributed by atoms with E-state index in [0.29, 0.717) is 11.5 Å². The van der Waals surface area contributed by atoms with Gasteiger partial charge in [0.1, 0.15) is 0 Å². The number of sulfone groups is 1. The van der Waals surface area contributed by atoms with Gasteiger partial charge in [-0.1, -0.05) is 18.5 Å². The summed E-state index contributed by atoms with van der Waals surface area (Å²) in [7, 11) is -2.83. The molecule has 0 amide bonds. The summed E-state index contributed by atoms with van der Waals surface area (Å²) in [6, 6.07) is 3.98. The lowest BCUT2D eigenvalue weighted by molar-refractivity contribution is 0.406. The van der Waals surface area contributed by atoms with Crippen LogP contribution in [0.2, 0.25) is 4.34 Å². The van der Waals surface area contributed by atoms with Gasteiger partial charge in [-0.2, -0.15) is 0 Å². The molecule has 1 fully saturated rings. The van der Waals surface area contributed by atoms with Gasteiger partial charge in [-0.3, -0.25) is 0 Å². The second-order valence-corrected chi connectivity index (χ2v) is 8.32. The lowest BCUT2D eigenvalue weighted by Gasteiger charge is -2.22. The Hall–Kier alpha value is -0.100. The Morgan fingerprint density at radius 3 is 2.82 bits per heavy atom. The number of nitrogens with one attached hydrogen (secondary N) is 1. The molecule has 1 aliphatic heterocycles. The molecule has 1 aliphatic rings. The smallest absolute Gasteiger partial charge is 0.150 e. The monoisotopic (exact) mass is 293 g/mol. The van der Waals surface area contributed by atoms with Gasteiger partial charge in [-0.15, -0.1) is 11.3 Å². The van der Waals surface area contributed by atoms with E-state index in [0.717, 1.165) is 22.2 Å². The summed E-state index contributed by atoms with van der Waals surface area (Å²) in [4.78, 5) is 1.14. The third-order valence-corrected chi connectivity index (χ3v) is 6.17. The Morgan fingerprint density at radius 1 is 1.59 bits per heavy atom. The van der Waals surface area contributed by atoms with Crippen molar-refractivity contribution in [2.75, 3.05) is 18.1 Å². The highest BCUT2D eigenvalue weighted by molar-refractivity contribution is 7.91. The molecule has 0 aliphatic carbocycles. The molecule has 0 aromatic carbocycles. The summed E-state index contributed by atoms with van der Waals surface area (Å²) >= 11 is 7.47. The maximum Gasteiger partial charge on any atom is 0.150 e. The summed E-state index contributed by atoms with van der Waals surface area (Å²) in [6.45, 7) is 2.86. The summed E-state index contributed by atoms with van der Waals surface area (Å²) in [5.74, 6) is 0.786. The molecule has 2 heterocycles. The molecular weight excluding hydrogens is 278 g/mol. The number of halogens is 1. The van der Waals surface area contributed by atoms with Crippen LogP contribution < -0.4 is 5.32 Å². The predicted octanol–water partition coefficient (Wildman–Crippen LogP) is 2.49. The standard InChI is InChI=1S/C11H16ClNO2S2/c1-2-13-11(9-3-4-10(12)16-9)8-5-6-17(14,15)7-8/h3-4,8,11,13H,2,5-7H2,1H3. The van der Waals surface area contributed by atoms with Crippen LogP contribution in [0.1, 0.15) is 24.3 Å². The van der Waals surface area contributed by atoms with E-state index in [4.69, 9.17) is 11.6 Å². The number of thiophene rings is 1. The molecule has 0 spiro atoms. The molecule has 3 nitrogen and oxygen atoms in total. The highest BCUT2D eigenvalue weighted by atomic mass is 35.5. The fraction of sp³-hybridized carbons (Fsp3) is 0.636. The zero-order valence-electron chi connectivity index (χ0n) is 9.65. The Kier molecular flexibility index (Phi) is 4.13. The van der Waals surface area contributed by atoms with Crippen LogP contribution in [0.4, 0.5) is 0 Å². The first-order valence-electron chi connectivity index (χ1n) is 5.71. The lowest BCUT2D eigenvalue weighted by Crippen LogP contribution is -2.28. The third-order valence-electron chi connectivity index (χ3n) is 3.06. The Bertz CT molecular complexity index is 483. The van der Waals surface area contributed by atoms with Gasteiger partial charge >= 0.3 is 0 Å². The average molecular weight is 294 g/mol. The molecule has 1 N–H and O–H groups in total. The molecule has 6 heteroatoms. The van der Waals surface area contributed by atoms with E-state index in [-0.39, 0.29) is 12.0 Å². The van der Waals surface area contributed by atoms with Crippen LogP contribution in [0.25, 0.3) is 0 Å². The zero-order chi connectivity index (χ0) is 12.5. The van der Waals surface area contributed by atoms with E-state index in [2.05, 4.69) is 5.32 Å². The van der Waals surface area contributed by atoms with Gasteiger partial charge in [0.05, 0.1) is 15.8 Å². The molecule has 0 radical (unpaired) electrons. The summed E-state index contributed by atoms with van der Waals surface area (Å²) in [6.07, 6.45) is 0.746. The van der Waals surface area contributed by atoms with Crippen molar-refractivity contribution in [1.82, 2.24) is 5.32 Å². The van der Waals surface area contributed by atoms with Gasteiger partial charge in [-0.25, -0.2) is 8.42 Å². The van der Waals surface area contributed by atoms with E-state index in [1.165, 1.54) is 11.3 Å². The van der Waals surface area contributed by atoms with Gasteiger partial charge in [0, 0.05) is 10.9 Å². The minimum absolute atomic E-state index is 0.120. The molecule has 96 valence electrons. The molecule has 2 atom stereocenters. The SMILES string of the molecule is CCNC(c1ccc(Cl)s1)C1CCS(=O)(=O)C1. The first-order valence-corrected chi connectivity index (χ1v) is 8.72. The van der Waals surface area contributed by atoms with Crippen LogP contribution in [0.5, 0.6) is 0 Å². The largest absolute Gasteiger partial charge is 0.309 e. The van der Waals surface area contributed by atoms with E-state index >= 15 is 0 Å². The normalized spacial score (nSPS) is 24.9. The van der Waals surface area contributed by atoms with Crippen molar-refractivity contribution in [2.45, 2.75) is 19.4 Å². The fourth-order valence-corrected chi connectivity index (χ4v) is 5.37. The Balaban J connectivity index is 2.18. The van der Waals surface area contributed by atoms with Gasteiger partial charge < -0.3 is 5.32 Å². The lowest BCUT2D eigenvalue weighted by atomic mass is 9.98. The van der Waals surface area contributed by atoms with Gasteiger partial charge in [0.2, 0.25) is 0 Å². The summed E-state index contributed by atoms with van der Waals surface area (Å²) in [5.41, 5.74) is 0. The van der Waals surface area contributed by atoms with Gasteiger partial charge in [0.25, 0.3) is 0 Å². The van der Waals surface area contributed by atoms with Crippen molar-refractivity contribution in [3.63, 3.8) is 0 Å². The number of hydrogen-bond acceptors (Lipinski definition) is 4. The van der Waals surface area contributed by atoms with E-state index in [9.17, 15) is 8.42 Å². The maximum atomic E-state index is 11.5. The van der Waals surface area contributed by atoms with E-state index < -0.39 is 9.84 Å². The van der Waals surface area contributed by atoms with Crippen LogP contribution in [0.3, 0.4) is 0 Å². The third kappa shape index (κ3) is 3.22. The van der Waals surface area contributed by atoms with Crippen molar-refractivity contribution in [3.8, 4) is 0 Å². The molecule has 2 rings (SSSR count). The molecule has 1 saturated heterocycles. The van der Waals surface area contributed by atoms with Crippen LogP contribution in [-0.4, -0.2) is 26.5 Å². The van der Waals surface area contributed by atoms with Gasteiger partial charge in [0.15, 0.2) is 9.84 Å². The highest BCUT2D eigenvalue weighted by Crippen LogP contribution is 2.36. The Labute approximate surface area is 111 Å². The molecule has 2 unspecified atom stereocenters. The predicted molar refractivity (Wildman–Crippen MR) is 72.5 cm³/mol. The van der Waals surface area contributed by atoms with Crippen molar-refractivity contribution in [2.24, 2.45) is 5.92 Å². The second kappa shape index (κ2) is 5.26. The van der Waals surface area contributed by atoms with Crippen LogP contribution in [-0.2, 0) is 9.84 Å².